The van der Waals surface area contributed by atoms with E-state index in [0.717, 1.165) is 36.5 Å². The number of hydrogen-bond donors (Lipinski definition) is 0. The van der Waals surface area contributed by atoms with Gasteiger partial charge in [-0.15, -0.1) is 11.6 Å². The minimum absolute atomic E-state index is 0.242. The Labute approximate surface area is 302 Å². The summed E-state index contributed by atoms with van der Waals surface area (Å²) in [5.74, 6) is 1.24. The first-order valence-electron chi connectivity index (χ1n) is 16.4. The highest BCUT2D eigenvalue weighted by Gasteiger charge is 2.22. The molecule has 0 N–H and O–H groups in total. The number of methoxy groups -OCH3 is 2. The fourth-order valence-electron chi connectivity index (χ4n) is 5.54. The summed E-state index contributed by atoms with van der Waals surface area (Å²) in [5, 5.41) is 0. The number of esters is 2. The maximum Gasteiger partial charge on any atom is 0.337 e. The Balaban J connectivity index is 0.000000236. The molecule has 0 aliphatic carbocycles. The van der Waals surface area contributed by atoms with Crippen molar-refractivity contribution >= 4 is 33.4 Å². The third-order valence-electron chi connectivity index (χ3n) is 8.48. The summed E-state index contributed by atoms with van der Waals surface area (Å²) >= 11 is 5.73. The van der Waals surface area contributed by atoms with Crippen LogP contribution in [-0.4, -0.2) is 62.5 Å². The Morgan fingerprint density at radius 3 is 1.65 bits per heavy atom. The van der Waals surface area contributed by atoms with E-state index in [1.807, 2.05) is 19.1 Å². The smallest absolute Gasteiger partial charge is 0.337 e. The van der Waals surface area contributed by atoms with Crippen molar-refractivity contribution < 1.29 is 36.3 Å². The van der Waals surface area contributed by atoms with Gasteiger partial charge >= 0.3 is 11.9 Å². The molecule has 0 unspecified atom stereocenters. The molecule has 13 heteroatoms. The number of ether oxygens (including phenoxy) is 2. The number of benzene rings is 3. The summed E-state index contributed by atoms with van der Waals surface area (Å²) in [6.07, 6.45) is 3.73. The molecule has 0 saturated carbocycles. The summed E-state index contributed by atoms with van der Waals surface area (Å²) in [4.78, 5) is 34.3. The molecule has 1 aliphatic heterocycles. The van der Waals surface area contributed by atoms with E-state index < -0.39 is 15.8 Å². The Morgan fingerprint density at radius 1 is 0.725 bits per heavy atom. The number of alkyl halides is 1. The number of nitrogens with zero attached hydrogens (tertiary/aromatic N) is 3. The largest absolute Gasteiger partial charge is 0.465 e. The van der Waals surface area contributed by atoms with E-state index in [2.05, 4.69) is 19.6 Å². The molecule has 0 bridgehead atoms. The summed E-state index contributed by atoms with van der Waals surface area (Å²) in [5.41, 5.74) is 4.56. The fraction of sp³-hybridized carbons (Fsp3) is 0.316. The molecule has 0 amide bonds. The van der Waals surface area contributed by atoms with Crippen LogP contribution >= 0.6 is 11.6 Å². The van der Waals surface area contributed by atoms with Gasteiger partial charge in [-0.1, -0.05) is 18.6 Å². The number of halogens is 1. The van der Waals surface area contributed by atoms with Crippen molar-refractivity contribution in [2.45, 2.75) is 56.2 Å². The van der Waals surface area contributed by atoms with Crippen LogP contribution in [0.25, 0.3) is 22.9 Å². The molecule has 0 atom stereocenters. The number of rotatable bonds is 10. The monoisotopic (exact) mass is 733 g/mol. The second-order valence-electron chi connectivity index (χ2n) is 12.1. The van der Waals surface area contributed by atoms with E-state index in [1.54, 1.807) is 67.6 Å². The predicted molar refractivity (Wildman–Crippen MR) is 192 cm³/mol. The first kappa shape index (κ1) is 37.5. The molecule has 3 heterocycles. The van der Waals surface area contributed by atoms with Crippen molar-refractivity contribution in [2.75, 3.05) is 27.3 Å². The van der Waals surface area contributed by atoms with Gasteiger partial charge in [0.15, 0.2) is 9.84 Å². The van der Waals surface area contributed by atoms with Crippen molar-refractivity contribution in [1.82, 2.24) is 14.9 Å². The third-order valence-corrected chi connectivity index (χ3v) is 10.4. The zero-order chi connectivity index (χ0) is 36.5. The maximum absolute atomic E-state index is 13.0. The lowest BCUT2D eigenvalue weighted by atomic mass is 10.1. The first-order chi connectivity index (χ1) is 24.5. The van der Waals surface area contributed by atoms with Crippen molar-refractivity contribution in [1.29, 1.82) is 0 Å². The SMILES string of the molecule is COC(=O)c1ccc(-c2nc(CCl)c(C)o2)cc1.COC(=O)c1ccc(-c2nc(CS(=O)(=O)c3ccc(CN4CCCCC4)cc3)c(C)o2)cc1. The van der Waals surface area contributed by atoms with Gasteiger partial charge < -0.3 is 18.3 Å². The molecule has 6 rings (SSSR count). The number of carbonyl (C=O) groups excluding carboxylic acids is 2. The summed E-state index contributed by atoms with van der Waals surface area (Å²) in [7, 11) is -0.903. The minimum Gasteiger partial charge on any atom is -0.465 e. The van der Waals surface area contributed by atoms with Gasteiger partial charge in [-0.25, -0.2) is 28.0 Å². The van der Waals surface area contributed by atoms with Crippen LogP contribution in [0.4, 0.5) is 0 Å². The molecule has 11 nitrogen and oxygen atoms in total. The second kappa shape index (κ2) is 17.0. The van der Waals surface area contributed by atoms with Crippen molar-refractivity contribution in [3.63, 3.8) is 0 Å². The van der Waals surface area contributed by atoms with Gasteiger partial charge in [0.2, 0.25) is 11.8 Å². The van der Waals surface area contributed by atoms with E-state index in [9.17, 15) is 18.0 Å². The van der Waals surface area contributed by atoms with Crippen LogP contribution in [0.2, 0.25) is 0 Å². The first-order valence-corrected chi connectivity index (χ1v) is 18.6. The summed E-state index contributed by atoms with van der Waals surface area (Å²) in [6.45, 7) is 6.56. The van der Waals surface area contributed by atoms with Crippen LogP contribution < -0.4 is 0 Å². The van der Waals surface area contributed by atoms with Crippen molar-refractivity contribution in [3.8, 4) is 22.9 Å². The number of aromatic nitrogens is 2. The van der Waals surface area contributed by atoms with Gasteiger partial charge in [0.1, 0.15) is 17.3 Å². The normalized spacial score (nSPS) is 13.3. The molecule has 1 saturated heterocycles. The average molecular weight is 734 g/mol. The molecule has 1 aliphatic rings. The van der Waals surface area contributed by atoms with Crippen LogP contribution in [0.5, 0.6) is 0 Å². The lowest BCUT2D eigenvalue weighted by Crippen LogP contribution is -2.29. The zero-order valence-corrected chi connectivity index (χ0v) is 30.6. The molecule has 0 radical (unpaired) electrons. The average Bonchev–Trinajstić information content (AvgIpc) is 3.72. The van der Waals surface area contributed by atoms with Gasteiger partial charge in [-0.3, -0.25) is 4.90 Å². The highest BCUT2D eigenvalue weighted by molar-refractivity contribution is 7.90. The van der Waals surface area contributed by atoms with E-state index in [1.165, 1.54) is 33.5 Å². The van der Waals surface area contributed by atoms with Gasteiger partial charge in [0.25, 0.3) is 0 Å². The molecule has 268 valence electrons. The van der Waals surface area contributed by atoms with Gasteiger partial charge in [0, 0.05) is 17.7 Å². The van der Waals surface area contributed by atoms with Crippen LogP contribution in [0.15, 0.2) is 86.5 Å². The van der Waals surface area contributed by atoms with Crippen molar-refractivity contribution in [2.24, 2.45) is 0 Å². The van der Waals surface area contributed by atoms with E-state index >= 15 is 0 Å². The van der Waals surface area contributed by atoms with Gasteiger partial charge in [-0.05, 0) is 106 Å². The number of sulfone groups is 1. The Kier molecular flexibility index (Phi) is 12.5. The topological polar surface area (TPSA) is 142 Å². The molecule has 51 heavy (non-hydrogen) atoms. The molecular weight excluding hydrogens is 694 g/mol. The summed E-state index contributed by atoms with van der Waals surface area (Å²) < 4.78 is 46.6. The van der Waals surface area contributed by atoms with E-state index in [4.69, 9.17) is 25.2 Å². The van der Waals surface area contributed by atoms with E-state index in [0.29, 0.717) is 51.6 Å². The third kappa shape index (κ3) is 9.52. The highest BCUT2D eigenvalue weighted by Crippen LogP contribution is 2.26. The maximum atomic E-state index is 13.0. The molecule has 2 aromatic heterocycles. The minimum atomic E-state index is -3.57. The van der Waals surface area contributed by atoms with Crippen LogP contribution in [0.1, 0.15) is 68.5 Å². The number of carbonyl (C=O) groups is 2. The predicted octanol–water partition coefficient (Wildman–Crippen LogP) is 7.57. The van der Waals surface area contributed by atoms with Crippen LogP contribution in [-0.2, 0) is 37.5 Å². The number of aryl methyl sites for hydroxylation is 2. The highest BCUT2D eigenvalue weighted by atomic mass is 35.5. The quantitative estimate of drug-likeness (QED) is 0.104. The lowest BCUT2D eigenvalue weighted by molar-refractivity contribution is 0.0592. The van der Waals surface area contributed by atoms with E-state index in [-0.39, 0.29) is 16.6 Å². The molecular formula is C38H40ClN3O8S. The van der Waals surface area contributed by atoms with Gasteiger partial charge in [0.05, 0.1) is 47.5 Å². The summed E-state index contributed by atoms with van der Waals surface area (Å²) in [6, 6.07) is 20.6. The number of oxazole rings is 2. The molecule has 1 fully saturated rings. The zero-order valence-electron chi connectivity index (χ0n) is 29.0. The molecule has 3 aromatic carbocycles. The second-order valence-corrected chi connectivity index (χ2v) is 14.3. The number of likely N-dealkylation sites (tertiary alicyclic amines) is 1. The lowest BCUT2D eigenvalue weighted by Gasteiger charge is -2.26. The Morgan fingerprint density at radius 2 is 1.20 bits per heavy atom. The van der Waals surface area contributed by atoms with Crippen LogP contribution in [0.3, 0.4) is 0 Å². The molecule has 5 aromatic rings. The van der Waals surface area contributed by atoms with Gasteiger partial charge in [-0.2, -0.15) is 0 Å². The Hall–Kier alpha value is -4.78. The Bertz CT molecular complexity index is 2050. The number of hydrogen-bond acceptors (Lipinski definition) is 11. The van der Waals surface area contributed by atoms with Crippen LogP contribution in [0, 0.1) is 13.8 Å². The molecule has 0 spiro atoms. The standard InChI is InChI=1S/C25H28N2O5S.C13H12ClNO3/c1-18-23(26-24(32-18)20-8-10-21(11-9-20)25(28)31-2)17-33(29,30)22-12-6-19(7-13-22)16-27-14-4-3-5-15-27;1-8-11(7-14)15-12(18-8)9-3-5-10(6-4-9)13(16)17-2/h6-13H,3-5,14-17H2,1-2H3;3-6H,7H2,1-2H3. The van der Waals surface area contributed by atoms with Crippen molar-refractivity contribution in [3.05, 3.63) is 112 Å². The fourth-order valence-corrected chi connectivity index (χ4v) is 7.13. The number of piperidine rings is 1.